The summed E-state index contributed by atoms with van der Waals surface area (Å²) in [4.78, 5) is 12.3. The van der Waals surface area contributed by atoms with Crippen LogP contribution in [-0.2, 0) is 12.8 Å². The van der Waals surface area contributed by atoms with Gasteiger partial charge < -0.3 is 14.9 Å². The van der Waals surface area contributed by atoms with Gasteiger partial charge in [-0.05, 0) is 69.2 Å². The molecule has 0 spiro atoms. The molecule has 0 aliphatic rings. The molecule has 0 unspecified atom stereocenters. The van der Waals surface area contributed by atoms with Gasteiger partial charge in [0.25, 0.3) is 5.91 Å². The Kier molecular flexibility index (Phi) is 6.66. The molecule has 0 saturated carbocycles. The highest BCUT2D eigenvalue weighted by Gasteiger charge is 2.21. The number of benzene rings is 3. The average molecular weight is 492 g/mol. The second kappa shape index (κ2) is 9.61. The van der Waals surface area contributed by atoms with E-state index in [1.54, 1.807) is 7.11 Å². The van der Waals surface area contributed by atoms with Gasteiger partial charge in [-0.3, -0.25) is 4.79 Å². The van der Waals surface area contributed by atoms with E-state index in [2.05, 4.69) is 53.2 Å². The van der Waals surface area contributed by atoms with Gasteiger partial charge in [-0.25, -0.2) is 0 Å². The van der Waals surface area contributed by atoms with Crippen LogP contribution < -0.4 is 10.5 Å². The predicted molar refractivity (Wildman–Crippen MR) is 132 cm³/mol. The Balaban J connectivity index is 1.65. The topological polar surface area (TPSA) is 65.5 Å². The maximum atomic E-state index is 12.3. The van der Waals surface area contributed by atoms with Gasteiger partial charge in [0.15, 0.2) is 0 Å². The fourth-order valence-electron chi connectivity index (χ4n) is 4.07. The highest BCUT2D eigenvalue weighted by Crippen LogP contribution is 2.33. The maximum absolute atomic E-state index is 12.3. The van der Waals surface area contributed by atoms with Crippen LogP contribution in [0.1, 0.15) is 47.0 Å². The number of carbonyl (C=O) groups excluding carboxylic acids is 1. The first-order valence-electron chi connectivity index (χ1n) is 10.8. The molecule has 0 aliphatic heterocycles. The standard InChI is InChI=1S/C27H26BrNO3/c1-3-4-7-24-26(27(29)30)25-20(6-5-8-23(25)32-24)15-17-9-11-18(12-10-17)19-13-14-22(31-2)21(28)16-19/h5-6,8-14,16H,3-4,7,15H2,1-2H3,(H2,29,30). The van der Waals surface area contributed by atoms with Crippen molar-refractivity contribution in [1.29, 1.82) is 0 Å². The number of methoxy groups -OCH3 is 1. The number of fused-ring (bicyclic) bond motifs is 1. The maximum Gasteiger partial charge on any atom is 0.252 e. The monoisotopic (exact) mass is 491 g/mol. The highest BCUT2D eigenvalue weighted by molar-refractivity contribution is 9.10. The summed E-state index contributed by atoms with van der Waals surface area (Å²) in [5.74, 6) is 1.08. The summed E-state index contributed by atoms with van der Waals surface area (Å²) < 4.78 is 12.3. The van der Waals surface area contributed by atoms with Gasteiger partial charge in [-0.15, -0.1) is 0 Å². The quantitative estimate of drug-likeness (QED) is 0.291. The van der Waals surface area contributed by atoms with Gasteiger partial charge in [-0.1, -0.05) is 55.8 Å². The Morgan fingerprint density at radius 1 is 1.06 bits per heavy atom. The number of ether oxygens (including phenoxy) is 1. The van der Waals surface area contributed by atoms with E-state index in [4.69, 9.17) is 14.9 Å². The summed E-state index contributed by atoms with van der Waals surface area (Å²) in [5, 5.41) is 0.842. The molecule has 4 rings (SSSR count). The molecule has 3 aromatic carbocycles. The molecule has 32 heavy (non-hydrogen) atoms. The van der Waals surface area contributed by atoms with Gasteiger partial charge in [0.1, 0.15) is 17.1 Å². The fraction of sp³-hybridized carbons (Fsp3) is 0.222. The van der Waals surface area contributed by atoms with Crippen molar-refractivity contribution in [2.24, 2.45) is 5.73 Å². The van der Waals surface area contributed by atoms with Crippen molar-refractivity contribution in [2.45, 2.75) is 32.6 Å². The zero-order valence-corrected chi connectivity index (χ0v) is 19.9. The summed E-state index contributed by atoms with van der Waals surface area (Å²) in [5.41, 5.74) is 11.4. The third kappa shape index (κ3) is 4.44. The fourth-order valence-corrected chi connectivity index (χ4v) is 4.61. The largest absolute Gasteiger partial charge is 0.496 e. The molecule has 4 aromatic rings. The number of nitrogens with two attached hydrogens (primary N) is 1. The van der Waals surface area contributed by atoms with Crippen molar-refractivity contribution in [3.05, 3.63) is 87.6 Å². The molecule has 1 heterocycles. The molecular formula is C27H26BrNO3. The van der Waals surface area contributed by atoms with E-state index in [-0.39, 0.29) is 0 Å². The van der Waals surface area contributed by atoms with Crippen LogP contribution in [0.15, 0.2) is 69.6 Å². The van der Waals surface area contributed by atoms with E-state index in [1.807, 2.05) is 30.3 Å². The molecule has 0 bridgehead atoms. The Bertz CT molecular complexity index is 1260. The van der Waals surface area contributed by atoms with Crippen LogP contribution in [0.3, 0.4) is 0 Å². The highest BCUT2D eigenvalue weighted by atomic mass is 79.9. The molecule has 0 atom stereocenters. The van der Waals surface area contributed by atoms with Gasteiger partial charge in [-0.2, -0.15) is 0 Å². The Morgan fingerprint density at radius 3 is 2.47 bits per heavy atom. The summed E-state index contributed by atoms with van der Waals surface area (Å²) in [6.45, 7) is 2.12. The second-order valence-electron chi connectivity index (χ2n) is 7.88. The third-order valence-electron chi connectivity index (χ3n) is 5.71. The SMILES string of the molecule is CCCCc1oc2cccc(Cc3ccc(-c4ccc(OC)c(Br)c4)cc3)c2c1C(N)=O. The van der Waals surface area contributed by atoms with Crippen molar-refractivity contribution in [3.8, 4) is 16.9 Å². The number of hydrogen-bond donors (Lipinski definition) is 1. The van der Waals surface area contributed by atoms with Gasteiger partial charge in [0.2, 0.25) is 0 Å². The van der Waals surface area contributed by atoms with Crippen LogP contribution in [-0.4, -0.2) is 13.0 Å². The van der Waals surface area contributed by atoms with E-state index < -0.39 is 5.91 Å². The van der Waals surface area contributed by atoms with Crippen LogP contribution in [0.5, 0.6) is 5.75 Å². The first-order valence-corrected chi connectivity index (χ1v) is 11.6. The van der Waals surface area contributed by atoms with Gasteiger partial charge in [0, 0.05) is 11.8 Å². The number of rotatable bonds is 8. The molecule has 0 radical (unpaired) electrons. The van der Waals surface area contributed by atoms with Crippen molar-refractivity contribution >= 4 is 32.8 Å². The minimum absolute atomic E-state index is 0.428. The number of amides is 1. The van der Waals surface area contributed by atoms with Crippen molar-refractivity contribution < 1.29 is 13.9 Å². The van der Waals surface area contributed by atoms with Crippen LogP contribution in [0.25, 0.3) is 22.1 Å². The van der Waals surface area contributed by atoms with Crippen LogP contribution in [0, 0.1) is 0 Å². The Labute approximate surface area is 196 Å². The number of aryl methyl sites for hydroxylation is 1. The molecule has 1 aromatic heterocycles. The molecule has 0 fully saturated rings. The zero-order chi connectivity index (χ0) is 22.7. The second-order valence-corrected chi connectivity index (χ2v) is 8.74. The third-order valence-corrected chi connectivity index (χ3v) is 6.33. The molecule has 164 valence electrons. The van der Waals surface area contributed by atoms with E-state index in [0.29, 0.717) is 17.7 Å². The first-order chi connectivity index (χ1) is 15.5. The van der Waals surface area contributed by atoms with E-state index in [9.17, 15) is 4.79 Å². The number of unbranched alkanes of at least 4 members (excludes halogenated alkanes) is 1. The van der Waals surface area contributed by atoms with E-state index >= 15 is 0 Å². The van der Waals surface area contributed by atoms with Crippen molar-refractivity contribution in [3.63, 3.8) is 0 Å². The van der Waals surface area contributed by atoms with E-state index in [0.717, 1.165) is 62.7 Å². The predicted octanol–water partition coefficient (Wildman–Crippen LogP) is 6.90. The molecule has 1 amide bonds. The lowest BCUT2D eigenvalue weighted by Crippen LogP contribution is -2.13. The average Bonchev–Trinajstić information content (AvgIpc) is 3.18. The minimum Gasteiger partial charge on any atom is -0.496 e. The number of carbonyl (C=O) groups is 1. The first kappa shape index (κ1) is 22.2. The Hall–Kier alpha value is -3.05. The van der Waals surface area contributed by atoms with Crippen LogP contribution in [0.2, 0.25) is 0 Å². The molecular weight excluding hydrogens is 466 g/mol. The Morgan fingerprint density at radius 2 is 1.81 bits per heavy atom. The van der Waals surface area contributed by atoms with Crippen molar-refractivity contribution in [2.75, 3.05) is 7.11 Å². The summed E-state index contributed by atoms with van der Waals surface area (Å²) in [7, 11) is 1.66. The van der Waals surface area contributed by atoms with Crippen LogP contribution in [0.4, 0.5) is 0 Å². The molecule has 0 aliphatic carbocycles. The molecule has 4 nitrogen and oxygen atoms in total. The molecule has 2 N–H and O–H groups in total. The lowest BCUT2D eigenvalue weighted by atomic mass is 9.96. The minimum atomic E-state index is -0.428. The number of primary amides is 1. The zero-order valence-electron chi connectivity index (χ0n) is 18.3. The van der Waals surface area contributed by atoms with Gasteiger partial charge >= 0.3 is 0 Å². The summed E-state index contributed by atoms with van der Waals surface area (Å²) >= 11 is 3.55. The number of hydrogen-bond acceptors (Lipinski definition) is 3. The number of furan rings is 1. The lowest BCUT2D eigenvalue weighted by Gasteiger charge is -2.09. The van der Waals surface area contributed by atoms with Crippen LogP contribution >= 0.6 is 15.9 Å². The number of halogens is 1. The summed E-state index contributed by atoms with van der Waals surface area (Å²) in [6.07, 6.45) is 3.39. The smallest absolute Gasteiger partial charge is 0.252 e. The molecule has 0 saturated heterocycles. The normalized spacial score (nSPS) is 11.1. The van der Waals surface area contributed by atoms with E-state index in [1.165, 1.54) is 0 Å². The van der Waals surface area contributed by atoms with Gasteiger partial charge in [0.05, 0.1) is 17.1 Å². The lowest BCUT2D eigenvalue weighted by molar-refractivity contribution is 0.0999. The van der Waals surface area contributed by atoms with Crippen molar-refractivity contribution in [1.82, 2.24) is 0 Å². The molecule has 5 heteroatoms. The summed E-state index contributed by atoms with van der Waals surface area (Å²) in [6, 6.07) is 20.4.